The molecule has 4 rings (SSSR count). The van der Waals surface area contributed by atoms with Gasteiger partial charge in [0.15, 0.2) is 11.5 Å². The van der Waals surface area contributed by atoms with Gasteiger partial charge in [0, 0.05) is 41.0 Å². The molecule has 0 fully saturated rings. The summed E-state index contributed by atoms with van der Waals surface area (Å²) in [5.74, 6) is 1.13. The zero-order valence-corrected chi connectivity index (χ0v) is 20.0. The first-order chi connectivity index (χ1) is 16.6. The number of methoxy groups -OCH3 is 2. The van der Waals surface area contributed by atoms with Gasteiger partial charge in [0.1, 0.15) is 0 Å². The molecule has 2 atom stereocenters. The second-order valence-electron chi connectivity index (χ2n) is 8.62. The Bertz CT molecular complexity index is 1230. The Balaban J connectivity index is 1.58. The van der Waals surface area contributed by atoms with Gasteiger partial charge in [0.25, 0.3) is 0 Å². The van der Waals surface area contributed by atoms with Crippen LogP contribution in [0, 0.1) is 0 Å². The topological polar surface area (TPSA) is 63.3 Å². The van der Waals surface area contributed by atoms with E-state index in [9.17, 15) is 4.79 Å². The molecule has 4 aromatic rings. The van der Waals surface area contributed by atoms with Crippen LogP contribution in [-0.2, 0) is 11.2 Å². The summed E-state index contributed by atoms with van der Waals surface area (Å²) in [6.45, 7) is 2.06. The SMILES string of the molecule is COc1cccc(C(CC(=O)NC(C)CCc2ccccc2)c2c[nH]c3ccccc23)c1OC. The number of amides is 1. The first kappa shape index (κ1) is 23.4. The Labute approximate surface area is 201 Å². The first-order valence-corrected chi connectivity index (χ1v) is 11.7. The minimum atomic E-state index is -0.192. The zero-order valence-electron chi connectivity index (χ0n) is 20.0. The average molecular weight is 457 g/mol. The normalized spacial score (nSPS) is 12.8. The van der Waals surface area contributed by atoms with Crippen molar-refractivity contribution < 1.29 is 14.3 Å². The quantitative estimate of drug-likeness (QED) is 0.315. The molecule has 0 saturated carbocycles. The monoisotopic (exact) mass is 456 g/mol. The Hall–Kier alpha value is -3.73. The summed E-state index contributed by atoms with van der Waals surface area (Å²) < 4.78 is 11.3. The summed E-state index contributed by atoms with van der Waals surface area (Å²) in [7, 11) is 3.27. The van der Waals surface area contributed by atoms with Crippen LogP contribution < -0.4 is 14.8 Å². The maximum Gasteiger partial charge on any atom is 0.221 e. The van der Waals surface area contributed by atoms with E-state index in [0.717, 1.165) is 34.9 Å². The second kappa shape index (κ2) is 10.9. The molecule has 2 N–H and O–H groups in total. The van der Waals surface area contributed by atoms with Crippen molar-refractivity contribution in [3.8, 4) is 11.5 Å². The molecule has 34 heavy (non-hydrogen) atoms. The van der Waals surface area contributed by atoms with E-state index in [2.05, 4.69) is 35.4 Å². The smallest absolute Gasteiger partial charge is 0.221 e. The van der Waals surface area contributed by atoms with Crippen molar-refractivity contribution in [3.05, 3.63) is 95.7 Å². The van der Waals surface area contributed by atoms with E-state index in [1.54, 1.807) is 14.2 Å². The van der Waals surface area contributed by atoms with Gasteiger partial charge in [-0.3, -0.25) is 4.79 Å². The fraction of sp³-hybridized carbons (Fsp3) is 0.276. The number of hydrogen-bond donors (Lipinski definition) is 2. The number of aromatic nitrogens is 1. The van der Waals surface area contributed by atoms with Crippen LogP contribution in [0.3, 0.4) is 0 Å². The minimum Gasteiger partial charge on any atom is -0.493 e. The fourth-order valence-corrected chi connectivity index (χ4v) is 4.58. The van der Waals surface area contributed by atoms with Gasteiger partial charge in [0.05, 0.1) is 14.2 Å². The summed E-state index contributed by atoms with van der Waals surface area (Å²) in [6.07, 6.45) is 4.12. The number of ether oxygens (including phenoxy) is 2. The third kappa shape index (κ3) is 5.25. The lowest BCUT2D eigenvalue weighted by Crippen LogP contribution is -2.34. The molecular formula is C29H32N2O3. The number of aryl methyl sites for hydroxylation is 1. The molecule has 0 aliphatic heterocycles. The minimum absolute atomic E-state index is 0.0146. The Kier molecular flexibility index (Phi) is 7.53. The van der Waals surface area contributed by atoms with Crippen molar-refractivity contribution in [1.82, 2.24) is 10.3 Å². The number of carbonyl (C=O) groups excluding carboxylic acids is 1. The Morgan fingerprint density at radius 2 is 1.68 bits per heavy atom. The van der Waals surface area contributed by atoms with Crippen molar-refractivity contribution >= 4 is 16.8 Å². The van der Waals surface area contributed by atoms with E-state index in [4.69, 9.17) is 9.47 Å². The number of nitrogens with one attached hydrogen (secondary N) is 2. The van der Waals surface area contributed by atoms with E-state index < -0.39 is 0 Å². The van der Waals surface area contributed by atoms with Crippen LogP contribution in [0.25, 0.3) is 10.9 Å². The van der Waals surface area contributed by atoms with Crippen LogP contribution >= 0.6 is 0 Å². The molecule has 1 aromatic heterocycles. The van der Waals surface area contributed by atoms with Crippen LogP contribution in [0.15, 0.2) is 79.0 Å². The summed E-state index contributed by atoms with van der Waals surface area (Å²) in [5.41, 5.74) is 4.32. The molecule has 176 valence electrons. The molecule has 1 amide bonds. The highest BCUT2D eigenvalue weighted by molar-refractivity contribution is 5.86. The van der Waals surface area contributed by atoms with Gasteiger partial charge in [0.2, 0.25) is 5.91 Å². The van der Waals surface area contributed by atoms with Crippen molar-refractivity contribution in [2.24, 2.45) is 0 Å². The van der Waals surface area contributed by atoms with Crippen LogP contribution in [0.1, 0.15) is 42.4 Å². The maximum atomic E-state index is 13.2. The lowest BCUT2D eigenvalue weighted by atomic mass is 9.87. The van der Waals surface area contributed by atoms with Crippen LogP contribution in [0.5, 0.6) is 11.5 Å². The summed E-state index contributed by atoms with van der Waals surface area (Å²) in [6, 6.07) is 24.4. The van der Waals surface area contributed by atoms with E-state index >= 15 is 0 Å². The number of hydrogen-bond acceptors (Lipinski definition) is 3. The second-order valence-corrected chi connectivity index (χ2v) is 8.62. The number of carbonyl (C=O) groups is 1. The van der Waals surface area contributed by atoms with Crippen LogP contribution in [-0.4, -0.2) is 31.2 Å². The molecule has 0 bridgehead atoms. The Morgan fingerprint density at radius 3 is 2.44 bits per heavy atom. The van der Waals surface area contributed by atoms with Crippen molar-refractivity contribution in [2.75, 3.05) is 14.2 Å². The largest absolute Gasteiger partial charge is 0.493 e. The molecule has 0 aliphatic rings. The van der Waals surface area contributed by atoms with Crippen LogP contribution in [0.4, 0.5) is 0 Å². The van der Waals surface area contributed by atoms with Gasteiger partial charge in [-0.25, -0.2) is 0 Å². The van der Waals surface area contributed by atoms with Gasteiger partial charge in [-0.15, -0.1) is 0 Å². The predicted octanol–water partition coefficient (Wildman–Crippen LogP) is 5.84. The molecule has 0 saturated heterocycles. The molecule has 3 aromatic carbocycles. The molecule has 5 heteroatoms. The molecule has 0 radical (unpaired) electrons. The van der Waals surface area contributed by atoms with Gasteiger partial charge < -0.3 is 19.8 Å². The van der Waals surface area contributed by atoms with Crippen LogP contribution in [0.2, 0.25) is 0 Å². The molecule has 0 aliphatic carbocycles. The number of aromatic amines is 1. The average Bonchev–Trinajstić information content (AvgIpc) is 3.30. The number of H-pyrrole nitrogens is 1. The predicted molar refractivity (Wildman–Crippen MR) is 137 cm³/mol. The van der Waals surface area contributed by atoms with Crippen molar-refractivity contribution in [3.63, 3.8) is 0 Å². The van der Waals surface area contributed by atoms with E-state index in [-0.39, 0.29) is 17.9 Å². The zero-order chi connectivity index (χ0) is 23.9. The van der Waals surface area contributed by atoms with Gasteiger partial charge in [-0.2, -0.15) is 0 Å². The third-order valence-electron chi connectivity index (χ3n) is 6.31. The summed E-state index contributed by atoms with van der Waals surface area (Å²) >= 11 is 0. The summed E-state index contributed by atoms with van der Waals surface area (Å²) in [5, 5.41) is 4.30. The first-order valence-electron chi connectivity index (χ1n) is 11.7. The lowest BCUT2D eigenvalue weighted by molar-refractivity contribution is -0.121. The molecule has 2 unspecified atom stereocenters. The summed E-state index contributed by atoms with van der Waals surface area (Å²) in [4.78, 5) is 16.6. The van der Waals surface area contributed by atoms with Crippen molar-refractivity contribution in [2.45, 2.75) is 38.1 Å². The van der Waals surface area contributed by atoms with Gasteiger partial charge in [-0.05, 0) is 43.0 Å². The lowest BCUT2D eigenvalue weighted by Gasteiger charge is -2.22. The van der Waals surface area contributed by atoms with E-state index in [1.807, 2.05) is 60.8 Å². The number of fused-ring (bicyclic) bond motifs is 1. The highest BCUT2D eigenvalue weighted by Crippen LogP contribution is 2.41. The van der Waals surface area contributed by atoms with Crippen molar-refractivity contribution in [1.29, 1.82) is 0 Å². The van der Waals surface area contributed by atoms with E-state index in [0.29, 0.717) is 17.9 Å². The maximum absolute atomic E-state index is 13.2. The molecule has 0 spiro atoms. The molecule has 1 heterocycles. The highest BCUT2D eigenvalue weighted by Gasteiger charge is 2.26. The highest BCUT2D eigenvalue weighted by atomic mass is 16.5. The molecular weight excluding hydrogens is 424 g/mol. The standard InChI is InChI=1S/C29H32N2O3/c1-20(16-17-21-10-5-4-6-11-21)31-28(32)18-24(23-13-9-15-27(33-2)29(23)34-3)25-19-30-26-14-8-7-12-22(25)26/h4-15,19-20,24,30H,16-18H2,1-3H3,(H,31,32). The van der Waals surface area contributed by atoms with E-state index in [1.165, 1.54) is 5.56 Å². The van der Waals surface area contributed by atoms with Gasteiger partial charge in [-0.1, -0.05) is 60.7 Å². The fourth-order valence-electron chi connectivity index (χ4n) is 4.58. The number of rotatable bonds is 10. The molecule has 5 nitrogen and oxygen atoms in total. The number of benzene rings is 3. The number of para-hydroxylation sites is 2. The Morgan fingerprint density at radius 1 is 0.912 bits per heavy atom. The third-order valence-corrected chi connectivity index (χ3v) is 6.31. The van der Waals surface area contributed by atoms with Gasteiger partial charge >= 0.3 is 0 Å².